The largest absolute Gasteiger partial charge is 0.292 e. The Morgan fingerprint density at radius 1 is 1.18 bits per heavy atom. The number of anilines is 1. The zero-order valence-electron chi connectivity index (χ0n) is 12.3. The predicted molar refractivity (Wildman–Crippen MR) is 87.0 cm³/mol. The van der Waals surface area contributed by atoms with Gasteiger partial charge in [0, 0.05) is 18.6 Å². The first-order chi connectivity index (χ1) is 10.8. The van der Waals surface area contributed by atoms with Crippen molar-refractivity contribution in [3.8, 4) is 0 Å². The van der Waals surface area contributed by atoms with Gasteiger partial charge in [0.25, 0.3) is 5.91 Å². The van der Waals surface area contributed by atoms with E-state index in [0.717, 1.165) is 17.0 Å². The van der Waals surface area contributed by atoms with Crippen molar-refractivity contribution >= 4 is 23.5 Å². The number of aromatic nitrogens is 1. The topological polar surface area (TPSA) is 57.9 Å². The number of hydrogen-bond donors (Lipinski definition) is 0. The smallest absolute Gasteiger partial charge is 0.261 e. The van der Waals surface area contributed by atoms with Gasteiger partial charge in [-0.1, -0.05) is 18.2 Å². The average Bonchev–Trinajstić information content (AvgIpc) is 2.85. The fourth-order valence-electron chi connectivity index (χ4n) is 2.26. The van der Waals surface area contributed by atoms with Crippen molar-refractivity contribution in [2.24, 2.45) is 16.0 Å². The first kappa shape index (κ1) is 14.1. The normalized spacial score (nSPS) is 18.0. The van der Waals surface area contributed by atoms with E-state index in [9.17, 15) is 4.79 Å². The number of aliphatic imine (C=N–C) groups is 1. The van der Waals surface area contributed by atoms with Crippen LogP contribution in [0.2, 0.25) is 0 Å². The summed E-state index contributed by atoms with van der Waals surface area (Å²) in [6.07, 6.45) is 5.15. The van der Waals surface area contributed by atoms with Crippen molar-refractivity contribution in [2.75, 3.05) is 5.01 Å². The second kappa shape index (κ2) is 6.30. The summed E-state index contributed by atoms with van der Waals surface area (Å²) >= 11 is 0. The van der Waals surface area contributed by atoms with Gasteiger partial charge in [-0.25, -0.2) is 0 Å². The number of nitrogens with zero attached hydrogens (tertiary/aromatic N) is 4. The number of hydrogen-bond acceptors (Lipinski definition) is 4. The Morgan fingerprint density at radius 3 is 2.64 bits per heavy atom. The van der Waals surface area contributed by atoms with E-state index in [-0.39, 0.29) is 11.8 Å². The molecule has 0 spiro atoms. The van der Waals surface area contributed by atoms with Gasteiger partial charge in [0.2, 0.25) is 0 Å². The predicted octanol–water partition coefficient (Wildman–Crippen LogP) is 2.69. The van der Waals surface area contributed by atoms with E-state index >= 15 is 0 Å². The summed E-state index contributed by atoms with van der Waals surface area (Å²) in [5, 5.41) is 5.79. The highest BCUT2D eigenvalue weighted by atomic mass is 16.2. The van der Waals surface area contributed by atoms with Crippen molar-refractivity contribution in [1.82, 2.24) is 4.98 Å². The lowest BCUT2D eigenvalue weighted by Crippen LogP contribution is -2.27. The minimum Gasteiger partial charge on any atom is -0.292 e. The summed E-state index contributed by atoms with van der Waals surface area (Å²) in [6, 6.07) is 13.2. The third kappa shape index (κ3) is 2.93. The highest BCUT2D eigenvalue weighted by Crippen LogP contribution is 2.22. The van der Waals surface area contributed by atoms with E-state index in [4.69, 9.17) is 0 Å². The summed E-state index contributed by atoms with van der Waals surface area (Å²) in [4.78, 5) is 20.8. The van der Waals surface area contributed by atoms with Crippen molar-refractivity contribution in [1.29, 1.82) is 0 Å². The van der Waals surface area contributed by atoms with Gasteiger partial charge in [-0.05, 0) is 36.8 Å². The number of amides is 1. The van der Waals surface area contributed by atoms with E-state index in [2.05, 4.69) is 15.1 Å². The van der Waals surface area contributed by atoms with Crippen LogP contribution in [0.3, 0.4) is 0 Å². The maximum atomic E-state index is 12.5. The van der Waals surface area contributed by atoms with Crippen LogP contribution in [0.25, 0.3) is 0 Å². The van der Waals surface area contributed by atoms with Crippen molar-refractivity contribution in [3.63, 3.8) is 0 Å². The summed E-state index contributed by atoms with van der Waals surface area (Å²) in [6.45, 7) is 2.38. The van der Waals surface area contributed by atoms with Gasteiger partial charge < -0.3 is 0 Å². The molecule has 0 saturated heterocycles. The van der Waals surface area contributed by atoms with E-state index in [1.54, 1.807) is 18.6 Å². The molecule has 0 radical (unpaired) electrons. The first-order valence-electron chi connectivity index (χ1n) is 7.08. The van der Waals surface area contributed by atoms with E-state index in [0.29, 0.717) is 6.54 Å². The van der Waals surface area contributed by atoms with Gasteiger partial charge in [0.1, 0.15) is 5.92 Å². The third-order valence-electron chi connectivity index (χ3n) is 3.46. The lowest BCUT2D eigenvalue weighted by Gasteiger charge is -2.12. The number of hydrazone groups is 1. The minimum absolute atomic E-state index is 0.0674. The van der Waals surface area contributed by atoms with Crippen molar-refractivity contribution < 1.29 is 4.79 Å². The standard InChI is InChI=1S/C17H16N4O/c1-13-16(12-19-11-14-7-9-18-10-8-14)17(22)21(20-13)15-5-3-2-4-6-15/h2-10,12,16H,11H2,1H3/t16-/m0/s1. The summed E-state index contributed by atoms with van der Waals surface area (Å²) < 4.78 is 0. The second-order valence-corrected chi connectivity index (χ2v) is 5.05. The van der Waals surface area contributed by atoms with Gasteiger partial charge in [-0.3, -0.25) is 14.8 Å². The summed E-state index contributed by atoms with van der Waals surface area (Å²) in [7, 11) is 0. The Kier molecular flexibility index (Phi) is 4.05. The molecule has 0 saturated carbocycles. The number of carbonyl (C=O) groups excluding carboxylic acids is 1. The molecule has 0 N–H and O–H groups in total. The van der Waals surface area contributed by atoms with Gasteiger partial charge in [-0.15, -0.1) is 0 Å². The molecule has 1 atom stereocenters. The Hall–Kier alpha value is -2.82. The molecule has 0 aliphatic carbocycles. The molecule has 0 bridgehead atoms. The van der Waals surface area contributed by atoms with Crippen LogP contribution in [-0.4, -0.2) is 22.8 Å². The van der Waals surface area contributed by atoms with Crippen LogP contribution in [-0.2, 0) is 11.3 Å². The zero-order valence-corrected chi connectivity index (χ0v) is 12.3. The Labute approximate surface area is 129 Å². The maximum absolute atomic E-state index is 12.5. The highest BCUT2D eigenvalue weighted by molar-refractivity contribution is 6.23. The van der Waals surface area contributed by atoms with Crippen LogP contribution >= 0.6 is 0 Å². The van der Waals surface area contributed by atoms with Crippen LogP contribution < -0.4 is 5.01 Å². The first-order valence-corrected chi connectivity index (χ1v) is 7.08. The molecule has 1 aliphatic heterocycles. The molecule has 1 aromatic heterocycles. The number of carbonyl (C=O) groups is 1. The molecule has 0 unspecified atom stereocenters. The third-order valence-corrected chi connectivity index (χ3v) is 3.46. The molecule has 1 amide bonds. The van der Waals surface area contributed by atoms with Gasteiger partial charge in [-0.2, -0.15) is 10.1 Å². The molecule has 2 aromatic rings. The minimum atomic E-state index is -0.387. The Bertz CT molecular complexity index is 710. The number of para-hydroxylation sites is 1. The molecule has 1 aromatic carbocycles. The number of benzene rings is 1. The molecular formula is C17H16N4O. The molecule has 1 aliphatic rings. The molecule has 110 valence electrons. The molecule has 0 fully saturated rings. The molecule has 5 heteroatoms. The fraction of sp³-hybridized carbons (Fsp3) is 0.176. The molecule has 2 heterocycles. The monoisotopic (exact) mass is 292 g/mol. The van der Waals surface area contributed by atoms with Gasteiger partial charge in [0.05, 0.1) is 17.9 Å². The van der Waals surface area contributed by atoms with Crippen LogP contribution in [0.1, 0.15) is 12.5 Å². The van der Waals surface area contributed by atoms with Crippen LogP contribution in [0.5, 0.6) is 0 Å². The Balaban J connectivity index is 1.71. The maximum Gasteiger partial charge on any atom is 0.261 e. The quantitative estimate of drug-likeness (QED) is 0.813. The van der Waals surface area contributed by atoms with Crippen molar-refractivity contribution in [2.45, 2.75) is 13.5 Å². The highest BCUT2D eigenvalue weighted by Gasteiger charge is 2.32. The molecule has 22 heavy (non-hydrogen) atoms. The van der Waals surface area contributed by atoms with Crippen LogP contribution in [0.15, 0.2) is 65.0 Å². The van der Waals surface area contributed by atoms with Crippen molar-refractivity contribution in [3.05, 3.63) is 60.4 Å². The molecular weight excluding hydrogens is 276 g/mol. The number of rotatable bonds is 4. The molecule has 5 nitrogen and oxygen atoms in total. The van der Waals surface area contributed by atoms with E-state index in [1.165, 1.54) is 5.01 Å². The van der Waals surface area contributed by atoms with Gasteiger partial charge in [0.15, 0.2) is 0 Å². The zero-order chi connectivity index (χ0) is 15.4. The lowest BCUT2D eigenvalue weighted by molar-refractivity contribution is -0.118. The van der Waals surface area contributed by atoms with Crippen LogP contribution in [0, 0.1) is 5.92 Å². The molecule has 3 rings (SSSR count). The van der Waals surface area contributed by atoms with E-state index in [1.807, 2.05) is 49.4 Å². The average molecular weight is 292 g/mol. The lowest BCUT2D eigenvalue weighted by atomic mass is 10.1. The second-order valence-electron chi connectivity index (χ2n) is 5.05. The Morgan fingerprint density at radius 2 is 1.91 bits per heavy atom. The fourth-order valence-corrected chi connectivity index (χ4v) is 2.26. The summed E-state index contributed by atoms with van der Waals surface area (Å²) in [5.41, 5.74) is 2.59. The summed E-state index contributed by atoms with van der Waals surface area (Å²) in [5.74, 6) is -0.454. The van der Waals surface area contributed by atoms with E-state index < -0.39 is 0 Å². The SMILES string of the molecule is CC1=NN(c2ccccc2)C(=O)[C@H]1C=NCc1ccncc1. The van der Waals surface area contributed by atoms with Gasteiger partial charge >= 0.3 is 0 Å². The van der Waals surface area contributed by atoms with Crippen LogP contribution in [0.4, 0.5) is 5.69 Å². The number of pyridine rings is 1.